The van der Waals surface area contributed by atoms with Gasteiger partial charge in [-0.15, -0.1) is 0 Å². The van der Waals surface area contributed by atoms with Crippen molar-refractivity contribution in [1.82, 2.24) is 0 Å². The van der Waals surface area contributed by atoms with E-state index in [9.17, 15) is 0 Å². The summed E-state index contributed by atoms with van der Waals surface area (Å²) in [6.45, 7) is 7.79. The first kappa shape index (κ1) is 20.9. The summed E-state index contributed by atoms with van der Waals surface area (Å²) in [4.78, 5) is 0. The molecule has 0 bridgehead atoms. The molecule has 0 saturated carbocycles. The van der Waals surface area contributed by atoms with E-state index in [4.69, 9.17) is 9.47 Å². The summed E-state index contributed by atoms with van der Waals surface area (Å²) >= 11 is 0. The molecule has 0 atom stereocenters. The minimum atomic E-state index is 0.762. The van der Waals surface area contributed by atoms with Crippen LogP contribution in [0.4, 0.5) is 0 Å². The fourth-order valence-electron chi connectivity index (χ4n) is 2.44. The van der Waals surface area contributed by atoms with Crippen molar-refractivity contribution < 1.29 is 9.47 Å². The molecule has 2 heteroatoms. The Morgan fingerprint density at radius 3 is 1.24 bits per heavy atom. The maximum absolute atomic E-state index is 5.57. The third-order valence-corrected chi connectivity index (χ3v) is 3.91. The summed E-state index contributed by atoms with van der Waals surface area (Å²) in [6, 6.07) is 0. The second-order valence-corrected chi connectivity index (χ2v) is 6.11. The summed E-state index contributed by atoms with van der Waals surface area (Å²) < 4.78 is 11.0. The van der Waals surface area contributed by atoms with Crippen LogP contribution in [-0.4, -0.2) is 26.4 Å². The third-order valence-electron chi connectivity index (χ3n) is 3.91. The lowest BCUT2D eigenvalue weighted by Gasteiger charge is -2.05. The number of rotatable bonds is 18. The predicted octanol–water partition coefficient (Wildman–Crippen LogP) is 6.13. The van der Waals surface area contributed by atoms with E-state index in [2.05, 4.69) is 13.8 Å². The molecule has 128 valence electrons. The molecular weight excluding hydrogens is 260 g/mol. The van der Waals surface area contributed by atoms with Crippen molar-refractivity contribution in [2.75, 3.05) is 26.4 Å². The molecular formula is C19H40O2. The van der Waals surface area contributed by atoms with E-state index in [1.54, 1.807) is 0 Å². The van der Waals surface area contributed by atoms with E-state index in [-0.39, 0.29) is 0 Å². The van der Waals surface area contributed by atoms with Crippen LogP contribution in [0.25, 0.3) is 0 Å². The molecule has 0 fully saturated rings. The second kappa shape index (κ2) is 19.9. The first-order valence-electron chi connectivity index (χ1n) is 9.57. The molecule has 0 heterocycles. The van der Waals surface area contributed by atoms with Crippen LogP contribution >= 0.6 is 0 Å². The largest absolute Gasteiger partial charge is 0.379 e. The predicted molar refractivity (Wildman–Crippen MR) is 93.0 cm³/mol. The highest BCUT2D eigenvalue weighted by atomic mass is 16.5. The highest BCUT2D eigenvalue weighted by Gasteiger charge is 1.94. The number of ether oxygens (including phenoxy) is 2. The van der Waals surface area contributed by atoms with Gasteiger partial charge >= 0.3 is 0 Å². The Bertz CT molecular complexity index is 153. The number of hydrogen-bond acceptors (Lipinski definition) is 2. The van der Waals surface area contributed by atoms with E-state index in [1.165, 1.54) is 83.5 Å². The van der Waals surface area contributed by atoms with E-state index in [0.29, 0.717) is 0 Å². The molecule has 0 unspecified atom stereocenters. The van der Waals surface area contributed by atoms with Crippen LogP contribution in [0.5, 0.6) is 0 Å². The average Bonchev–Trinajstić information content (AvgIpc) is 2.50. The van der Waals surface area contributed by atoms with Gasteiger partial charge in [0, 0.05) is 13.2 Å². The van der Waals surface area contributed by atoms with Gasteiger partial charge in [0.1, 0.15) is 0 Å². The Labute approximate surface area is 134 Å². The second-order valence-electron chi connectivity index (χ2n) is 6.11. The lowest BCUT2D eigenvalue weighted by molar-refractivity contribution is 0.0453. The van der Waals surface area contributed by atoms with Gasteiger partial charge in [-0.05, 0) is 12.8 Å². The van der Waals surface area contributed by atoms with Gasteiger partial charge in [0.05, 0.1) is 13.2 Å². The van der Waals surface area contributed by atoms with Crippen LogP contribution in [0, 0.1) is 0 Å². The van der Waals surface area contributed by atoms with Crippen LogP contribution < -0.4 is 0 Å². The van der Waals surface area contributed by atoms with Crippen LogP contribution in [-0.2, 0) is 9.47 Å². The highest BCUT2D eigenvalue weighted by Crippen LogP contribution is 2.11. The van der Waals surface area contributed by atoms with Crippen molar-refractivity contribution >= 4 is 0 Å². The molecule has 0 radical (unpaired) electrons. The van der Waals surface area contributed by atoms with E-state index in [0.717, 1.165) is 26.4 Å². The topological polar surface area (TPSA) is 18.5 Å². The Morgan fingerprint density at radius 1 is 0.381 bits per heavy atom. The highest BCUT2D eigenvalue weighted by molar-refractivity contribution is 4.48. The van der Waals surface area contributed by atoms with E-state index >= 15 is 0 Å². The van der Waals surface area contributed by atoms with Crippen molar-refractivity contribution in [3.63, 3.8) is 0 Å². The maximum atomic E-state index is 5.57. The average molecular weight is 301 g/mol. The summed E-state index contributed by atoms with van der Waals surface area (Å²) in [5, 5.41) is 0. The molecule has 0 aliphatic heterocycles. The van der Waals surface area contributed by atoms with Gasteiger partial charge < -0.3 is 9.47 Å². The van der Waals surface area contributed by atoms with Gasteiger partial charge in [-0.3, -0.25) is 0 Å². The van der Waals surface area contributed by atoms with Crippen molar-refractivity contribution in [2.45, 2.75) is 97.3 Å². The zero-order valence-electron chi connectivity index (χ0n) is 14.8. The molecule has 0 rings (SSSR count). The Balaban J connectivity index is 2.90. The Morgan fingerprint density at radius 2 is 0.762 bits per heavy atom. The van der Waals surface area contributed by atoms with Crippen LogP contribution in [0.2, 0.25) is 0 Å². The molecule has 2 nitrogen and oxygen atoms in total. The van der Waals surface area contributed by atoms with Crippen LogP contribution in [0.1, 0.15) is 97.3 Å². The van der Waals surface area contributed by atoms with Gasteiger partial charge in [-0.1, -0.05) is 84.5 Å². The number of hydrogen-bond donors (Lipinski definition) is 0. The summed E-state index contributed by atoms with van der Waals surface area (Å²) in [5.41, 5.74) is 0. The zero-order valence-corrected chi connectivity index (χ0v) is 14.8. The standard InChI is InChI=1S/C19H40O2/c1-3-5-7-8-9-10-11-12-13-14-15-17-21-19-18-20-16-6-4-2/h3-19H2,1-2H3. The molecule has 0 spiro atoms. The summed E-state index contributed by atoms with van der Waals surface area (Å²) in [6.07, 6.45) is 17.7. The lowest BCUT2D eigenvalue weighted by atomic mass is 10.1. The first-order valence-corrected chi connectivity index (χ1v) is 9.57. The fraction of sp³-hybridized carbons (Fsp3) is 1.00. The van der Waals surface area contributed by atoms with E-state index in [1.807, 2.05) is 0 Å². The molecule has 0 saturated heterocycles. The zero-order chi connectivity index (χ0) is 15.4. The summed E-state index contributed by atoms with van der Waals surface area (Å²) in [7, 11) is 0. The minimum absolute atomic E-state index is 0.762. The maximum Gasteiger partial charge on any atom is 0.0700 e. The quantitative estimate of drug-likeness (QED) is 0.283. The lowest BCUT2D eigenvalue weighted by Crippen LogP contribution is -2.06. The molecule has 0 N–H and O–H groups in total. The van der Waals surface area contributed by atoms with Crippen LogP contribution in [0.15, 0.2) is 0 Å². The molecule has 0 amide bonds. The molecule has 0 aliphatic rings. The summed E-state index contributed by atoms with van der Waals surface area (Å²) in [5.74, 6) is 0. The first-order chi connectivity index (χ1) is 10.4. The van der Waals surface area contributed by atoms with Crippen molar-refractivity contribution in [1.29, 1.82) is 0 Å². The molecule has 0 aromatic rings. The van der Waals surface area contributed by atoms with Crippen LogP contribution in [0.3, 0.4) is 0 Å². The molecule has 0 aromatic heterocycles. The van der Waals surface area contributed by atoms with Gasteiger partial charge in [0.15, 0.2) is 0 Å². The number of unbranched alkanes of at least 4 members (excludes halogenated alkanes) is 11. The van der Waals surface area contributed by atoms with Crippen molar-refractivity contribution in [3.8, 4) is 0 Å². The SMILES string of the molecule is CCCCCCCCCCCCCOCCOCCCC. The normalized spacial score (nSPS) is 11.1. The third kappa shape index (κ3) is 19.9. The van der Waals surface area contributed by atoms with Crippen molar-refractivity contribution in [2.24, 2.45) is 0 Å². The molecule has 0 aliphatic carbocycles. The van der Waals surface area contributed by atoms with Gasteiger partial charge in [-0.2, -0.15) is 0 Å². The smallest absolute Gasteiger partial charge is 0.0700 e. The van der Waals surface area contributed by atoms with Crippen molar-refractivity contribution in [3.05, 3.63) is 0 Å². The van der Waals surface area contributed by atoms with Gasteiger partial charge in [0.25, 0.3) is 0 Å². The Hall–Kier alpha value is -0.0800. The monoisotopic (exact) mass is 300 g/mol. The Kier molecular flexibility index (Phi) is 19.8. The molecule has 0 aromatic carbocycles. The van der Waals surface area contributed by atoms with Gasteiger partial charge in [-0.25, -0.2) is 0 Å². The van der Waals surface area contributed by atoms with E-state index < -0.39 is 0 Å². The fourth-order valence-corrected chi connectivity index (χ4v) is 2.44. The van der Waals surface area contributed by atoms with Gasteiger partial charge in [0.2, 0.25) is 0 Å². The molecule has 21 heavy (non-hydrogen) atoms. The minimum Gasteiger partial charge on any atom is -0.379 e.